The van der Waals surface area contributed by atoms with Crippen LogP contribution in [0, 0.1) is 0 Å². The van der Waals surface area contributed by atoms with E-state index in [1.54, 1.807) is 18.2 Å². The molecule has 1 amide bonds. The Hall–Kier alpha value is -3.81. The predicted molar refractivity (Wildman–Crippen MR) is 116 cm³/mol. The van der Waals surface area contributed by atoms with Crippen molar-refractivity contribution in [2.75, 3.05) is 0 Å². The third-order valence-corrected chi connectivity index (χ3v) is 4.94. The average molecular weight is 536 g/mol. The number of para-hydroxylation sites is 1. The van der Waals surface area contributed by atoms with Crippen LogP contribution in [0.5, 0.6) is 5.75 Å². The van der Waals surface area contributed by atoms with E-state index in [1.807, 2.05) is 0 Å². The van der Waals surface area contributed by atoms with Gasteiger partial charge in [-0.15, -0.1) is 12.4 Å². The minimum absolute atomic E-state index is 0. The van der Waals surface area contributed by atoms with Crippen molar-refractivity contribution in [3.63, 3.8) is 0 Å². The zero-order chi connectivity index (χ0) is 25.5. The van der Waals surface area contributed by atoms with E-state index >= 15 is 0 Å². The van der Waals surface area contributed by atoms with Crippen LogP contribution in [0.15, 0.2) is 47.2 Å². The summed E-state index contributed by atoms with van der Waals surface area (Å²) in [5, 5.41) is 3.79. The maximum atomic E-state index is 13.6. The number of hydrogen-bond donors (Lipinski definition) is 1. The molecule has 0 fully saturated rings. The van der Waals surface area contributed by atoms with Gasteiger partial charge in [-0.2, -0.15) is 31.3 Å². The lowest BCUT2D eigenvalue weighted by Crippen LogP contribution is -2.31. The van der Waals surface area contributed by atoms with Crippen molar-refractivity contribution in [3.8, 4) is 28.6 Å². The summed E-state index contributed by atoms with van der Waals surface area (Å²) in [6.45, 7) is 0.475. The first kappa shape index (κ1) is 26.8. The predicted octanol–water partition coefficient (Wildman–Crippen LogP) is 5.01. The molecule has 2 aromatic heterocycles. The molecule has 192 valence electrons. The van der Waals surface area contributed by atoms with E-state index in [9.17, 15) is 31.1 Å². The molecule has 2 heterocycles. The molecule has 2 N–H and O–H groups in total. The molecule has 15 heteroatoms. The molecule has 1 unspecified atom stereocenters. The summed E-state index contributed by atoms with van der Waals surface area (Å²) < 4.78 is 90.1. The van der Waals surface area contributed by atoms with Crippen molar-refractivity contribution in [3.05, 3.63) is 48.3 Å². The lowest BCUT2D eigenvalue weighted by Gasteiger charge is -2.20. The molecule has 2 aromatic carbocycles. The van der Waals surface area contributed by atoms with Crippen LogP contribution in [0.3, 0.4) is 0 Å². The van der Waals surface area contributed by atoms with E-state index in [1.165, 1.54) is 10.9 Å². The summed E-state index contributed by atoms with van der Waals surface area (Å²) in [5.41, 5.74) is 4.90. The number of aromatic nitrogens is 4. The fourth-order valence-electron chi connectivity index (χ4n) is 3.26. The monoisotopic (exact) mass is 535 g/mol. The molecule has 0 aliphatic rings. The largest absolute Gasteiger partial charge is 0.481 e. The third-order valence-electron chi connectivity index (χ3n) is 4.94. The average Bonchev–Trinajstić information content (AvgIpc) is 3.40. The quantitative estimate of drug-likeness (QED) is 0.348. The lowest BCUT2D eigenvalue weighted by atomic mass is 10.1. The van der Waals surface area contributed by atoms with Gasteiger partial charge in [0.05, 0.1) is 28.5 Å². The van der Waals surface area contributed by atoms with Crippen molar-refractivity contribution < 1.29 is 40.4 Å². The molecule has 0 aliphatic carbocycles. The molecule has 4 rings (SSSR count). The first-order valence-electron chi connectivity index (χ1n) is 9.86. The van der Waals surface area contributed by atoms with Crippen LogP contribution in [-0.4, -0.2) is 37.9 Å². The number of nitrogens with two attached hydrogens (primary N) is 1. The van der Waals surface area contributed by atoms with Crippen LogP contribution in [0.25, 0.3) is 33.9 Å². The van der Waals surface area contributed by atoms with Gasteiger partial charge in [0.1, 0.15) is 12.3 Å². The molecule has 0 saturated carbocycles. The van der Waals surface area contributed by atoms with Gasteiger partial charge in [-0.25, -0.2) is 4.98 Å². The minimum Gasteiger partial charge on any atom is -0.481 e. The number of benzene rings is 2. The summed E-state index contributed by atoms with van der Waals surface area (Å²) in [7, 11) is 0. The van der Waals surface area contributed by atoms with Crippen LogP contribution >= 0.6 is 12.4 Å². The van der Waals surface area contributed by atoms with Crippen molar-refractivity contribution in [2.24, 2.45) is 5.73 Å². The molecule has 4 aromatic rings. The van der Waals surface area contributed by atoms with Gasteiger partial charge in [0.2, 0.25) is 11.7 Å². The van der Waals surface area contributed by atoms with Crippen LogP contribution in [-0.2, 0) is 17.5 Å². The highest BCUT2D eigenvalue weighted by Gasteiger charge is 2.41. The Morgan fingerprint density at radius 3 is 2.53 bits per heavy atom. The number of nitrogens with zero attached hydrogens (tertiary/aromatic N) is 4. The number of imidazole rings is 1. The van der Waals surface area contributed by atoms with Gasteiger partial charge >= 0.3 is 12.4 Å². The number of carbonyl (C=O) groups is 1. The molecule has 0 aliphatic heterocycles. The second-order valence-corrected chi connectivity index (χ2v) is 7.45. The molecule has 0 spiro atoms. The third kappa shape index (κ3) is 5.37. The van der Waals surface area contributed by atoms with Gasteiger partial charge in [-0.05, 0) is 37.3 Å². The van der Waals surface area contributed by atoms with Gasteiger partial charge < -0.3 is 19.6 Å². The fraction of sp³-hybridized carbons (Fsp3) is 0.238. The van der Waals surface area contributed by atoms with Crippen molar-refractivity contribution in [1.29, 1.82) is 0 Å². The second-order valence-electron chi connectivity index (χ2n) is 7.45. The highest BCUT2D eigenvalue weighted by Crippen LogP contribution is 2.40. The van der Waals surface area contributed by atoms with Crippen LogP contribution in [0.1, 0.15) is 12.5 Å². The number of alkyl halides is 6. The van der Waals surface area contributed by atoms with E-state index in [-0.39, 0.29) is 36.2 Å². The van der Waals surface area contributed by atoms with Gasteiger partial charge in [-0.3, -0.25) is 4.79 Å². The van der Waals surface area contributed by atoms with E-state index in [0.717, 1.165) is 12.1 Å². The number of fused-ring (bicyclic) bond motifs is 1. The topological polar surface area (TPSA) is 109 Å². The number of carbonyl (C=O) groups excluding carboxylic acids is 1. The van der Waals surface area contributed by atoms with Crippen molar-refractivity contribution >= 4 is 29.3 Å². The molecule has 0 bridgehead atoms. The molecule has 36 heavy (non-hydrogen) atoms. The van der Waals surface area contributed by atoms with E-state index in [2.05, 4.69) is 19.9 Å². The van der Waals surface area contributed by atoms with E-state index in [4.69, 9.17) is 10.3 Å². The lowest BCUT2D eigenvalue weighted by molar-refractivity contribution is -0.191. The number of ether oxygens (including phenoxy) is 1. The maximum absolute atomic E-state index is 13.6. The second kappa shape index (κ2) is 9.68. The van der Waals surface area contributed by atoms with Crippen molar-refractivity contribution in [1.82, 2.24) is 19.7 Å². The molecule has 1 atom stereocenters. The van der Waals surface area contributed by atoms with Gasteiger partial charge in [0, 0.05) is 5.56 Å². The first-order chi connectivity index (χ1) is 16.3. The minimum atomic E-state index is -5.02. The Balaban J connectivity index is 0.00000361. The standard InChI is InChI=1S/C21H15F6N5O3.ClH/c1-10(20(22,23)24)34-15-6-5-11(7-13(15)21(25,26)27)19-30-18(31-35-19)12-3-2-4-14-17(12)29-9-32(14)8-16(28)33;/h2-7,9-10H,8H2,1H3,(H2,28,33);1H. The number of hydrogen-bond acceptors (Lipinski definition) is 6. The SMILES string of the molecule is CC(Oc1ccc(-c2nc(-c3cccc4c3ncn4CC(N)=O)no2)cc1C(F)(F)F)C(F)(F)F.Cl. The zero-order valence-corrected chi connectivity index (χ0v) is 18.9. The summed E-state index contributed by atoms with van der Waals surface area (Å²) in [5.74, 6) is -1.89. The van der Waals surface area contributed by atoms with E-state index < -0.39 is 35.7 Å². The molecular formula is C21H16ClF6N5O3. The van der Waals surface area contributed by atoms with Crippen molar-refractivity contribution in [2.45, 2.75) is 31.9 Å². The summed E-state index contributed by atoms with van der Waals surface area (Å²) in [4.78, 5) is 19.6. The normalized spacial score (nSPS) is 12.9. The van der Waals surface area contributed by atoms with Crippen LogP contribution in [0.4, 0.5) is 26.3 Å². The first-order valence-corrected chi connectivity index (χ1v) is 9.86. The smallest absolute Gasteiger partial charge is 0.425 e. The molecule has 0 saturated heterocycles. The molecular weight excluding hydrogens is 520 g/mol. The van der Waals surface area contributed by atoms with Gasteiger partial charge in [0.15, 0.2) is 6.10 Å². The zero-order valence-electron chi connectivity index (χ0n) is 18.1. The number of halogens is 7. The van der Waals surface area contributed by atoms with Gasteiger partial charge in [-0.1, -0.05) is 11.2 Å². The highest BCUT2D eigenvalue weighted by atomic mass is 35.5. The number of amides is 1. The Morgan fingerprint density at radius 1 is 1.17 bits per heavy atom. The molecule has 0 radical (unpaired) electrons. The molecule has 8 nitrogen and oxygen atoms in total. The Labute approximate surface area is 204 Å². The van der Waals surface area contributed by atoms with E-state index in [0.29, 0.717) is 29.6 Å². The Morgan fingerprint density at radius 2 is 1.89 bits per heavy atom. The van der Waals surface area contributed by atoms with Crippen LogP contribution < -0.4 is 10.5 Å². The maximum Gasteiger partial charge on any atom is 0.425 e. The Bertz CT molecular complexity index is 1400. The van der Waals surface area contributed by atoms with Gasteiger partial charge in [0.25, 0.3) is 5.89 Å². The highest BCUT2D eigenvalue weighted by molar-refractivity contribution is 5.91. The van der Waals surface area contributed by atoms with Crippen LogP contribution in [0.2, 0.25) is 0 Å². The summed E-state index contributed by atoms with van der Waals surface area (Å²) >= 11 is 0. The fourth-order valence-corrected chi connectivity index (χ4v) is 3.26. The number of primary amides is 1. The number of rotatable bonds is 6. The summed E-state index contributed by atoms with van der Waals surface area (Å²) in [6.07, 6.45) is -10.9. The summed E-state index contributed by atoms with van der Waals surface area (Å²) in [6, 6.07) is 7.30. The Kier molecular flexibility index (Phi) is 7.20.